The van der Waals surface area contributed by atoms with Crippen molar-refractivity contribution in [2.75, 3.05) is 35.2 Å². The van der Waals surface area contributed by atoms with Gasteiger partial charge in [-0.3, -0.25) is 0 Å². The van der Waals surface area contributed by atoms with E-state index in [0.29, 0.717) is 30.3 Å². The lowest BCUT2D eigenvalue weighted by Crippen LogP contribution is -2.21. The third-order valence-electron chi connectivity index (χ3n) is 4.80. The molecular weight excluding hydrogens is 367 g/mol. The van der Waals surface area contributed by atoms with Gasteiger partial charge in [0.05, 0.1) is 6.20 Å². The zero-order valence-electron chi connectivity index (χ0n) is 17.1. The van der Waals surface area contributed by atoms with Crippen LogP contribution in [0.25, 0.3) is 0 Å². The van der Waals surface area contributed by atoms with Crippen LogP contribution in [0.2, 0.25) is 0 Å². The Kier molecular flexibility index (Phi) is 6.94. The number of nitrogens with one attached hydrogen (secondary N) is 2. The molecule has 2 N–H and O–H groups in total. The van der Waals surface area contributed by atoms with E-state index in [-0.39, 0.29) is 5.82 Å². The van der Waals surface area contributed by atoms with E-state index in [1.165, 1.54) is 11.8 Å². The van der Waals surface area contributed by atoms with Gasteiger partial charge in [-0.1, -0.05) is 18.2 Å². The second-order valence-electron chi connectivity index (χ2n) is 6.73. The van der Waals surface area contributed by atoms with E-state index in [9.17, 15) is 4.39 Å². The van der Waals surface area contributed by atoms with E-state index >= 15 is 0 Å². The minimum atomic E-state index is -0.201. The van der Waals surface area contributed by atoms with Crippen molar-refractivity contribution in [3.8, 4) is 0 Å². The number of benzene rings is 2. The van der Waals surface area contributed by atoms with Crippen LogP contribution >= 0.6 is 0 Å². The van der Waals surface area contributed by atoms with Crippen molar-refractivity contribution >= 4 is 23.1 Å². The fraction of sp³-hybridized carbons (Fsp3) is 0.318. The smallest absolute Gasteiger partial charge is 0.244 e. The molecular formula is C22H27FN6. The van der Waals surface area contributed by atoms with Gasteiger partial charge in [-0.15, -0.1) is 5.10 Å². The fourth-order valence-electron chi connectivity index (χ4n) is 3.16. The van der Waals surface area contributed by atoms with Crippen LogP contribution in [0.4, 0.5) is 27.5 Å². The Bertz CT molecular complexity index is 942. The first-order chi connectivity index (χ1) is 14.1. The molecule has 0 aliphatic heterocycles. The number of hydrogen-bond acceptors (Lipinski definition) is 6. The Morgan fingerprint density at radius 3 is 2.59 bits per heavy atom. The van der Waals surface area contributed by atoms with Crippen LogP contribution in [0, 0.1) is 12.7 Å². The van der Waals surface area contributed by atoms with Crippen molar-refractivity contribution in [2.45, 2.75) is 27.2 Å². The Hall–Kier alpha value is -3.22. The molecule has 2 aromatic carbocycles. The number of nitrogens with zero attached hydrogens (tertiary/aromatic N) is 4. The second kappa shape index (κ2) is 9.82. The zero-order valence-corrected chi connectivity index (χ0v) is 17.1. The summed E-state index contributed by atoms with van der Waals surface area (Å²) < 4.78 is 13.7. The van der Waals surface area contributed by atoms with Crippen molar-refractivity contribution in [2.24, 2.45) is 0 Å². The SMILES string of the molecule is CCN(CC)c1ccc(Nc2cnnc(NCCc3ccccc3F)n2)c(C)c1. The van der Waals surface area contributed by atoms with Crippen molar-refractivity contribution in [1.29, 1.82) is 0 Å². The summed E-state index contributed by atoms with van der Waals surface area (Å²) in [5.41, 5.74) is 3.96. The maximum Gasteiger partial charge on any atom is 0.244 e. The molecule has 29 heavy (non-hydrogen) atoms. The van der Waals surface area contributed by atoms with Crippen LogP contribution in [0.15, 0.2) is 48.7 Å². The molecule has 0 unspecified atom stereocenters. The highest BCUT2D eigenvalue weighted by Gasteiger charge is 2.07. The quantitative estimate of drug-likeness (QED) is 0.554. The highest BCUT2D eigenvalue weighted by atomic mass is 19.1. The van der Waals surface area contributed by atoms with Gasteiger partial charge in [0.1, 0.15) is 5.82 Å². The molecule has 0 aliphatic carbocycles. The first-order valence-corrected chi connectivity index (χ1v) is 9.90. The molecule has 1 aromatic heterocycles. The molecule has 0 radical (unpaired) electrons. The van der Waals surface area contributed by atoms with E-state index in [1.807, 2.05) is 6.07 Å². The van der Waals surface area contributed by atoms with Gasteiger partial charge in [0.25, 0.3) is 0 Å². The summed E-state index contributed by atoms with van der Waals surface area (Å²) in [6.45, 7) is 8.83. The van der Waals surface area contributed by atoms with Crippen LogP contribution in [0.5, 0.6) is 0 Å². The van der Waals surface area contributed by atoms with E-state index in [1.54, 1.807) is 18.3 Å². The van der Waals surface area contributed by atoms with Crippen LogP contribution < -0.4 is 15.5 Å². The molecule has 6 nitrogen and oxygen atoms in total. The topological polar surface area (TPSA) is 66.0 Å². The number of anilines is 4. The third-order valence-corrected chi connectivity index (χ3v) is 4.80. The monoisotopic (exact) mass is 394 g/mol. The van der Waals surface area contributed by atoms with E-state index in [4.69, 9.17) is 0 Å². The largest absolute Gasteiger partial charge is 0.372 e. The summed E-state index contributed by atoms with van der Waals surface area (Å²) in [6, 6.07) is 13.1. The summed E-state index contributed by atoms with van der Waals surface area (Å²) in [6.07, 6.45) is 2.12. The van der Waals surface area contributed by atoms with Gasteiger partial charge < -0.3 is 15.5 Å². The maximum absolute atomic E-state index is 13.7. The molecule has 0 amide bonds. The summed E-state index contributed by atoms with van der Waals surface area (Å²) in [5, 5.41) is 14.4. The number of aryl methyl sites for hydroxylation is 1. The average Bonchev–Trinajstić information content (AvgIpc) is 2.73. The standard InChI is InChI=1S/C22H27FN6/c1-4-29(5-2)18-10-11-20(16(3)14-18)26-21-15-25-28-22(27-21)24-13-12-17-8-6-7-9-19(17)23/h6-11,14-15H,4-5,12-13H2,1-3H3,(H2,24,26,27,28). The van der Waals surface area contributed by atoms with E-state index in [2.05, 4.69) is 69.7 Å². The third kappa shape index (κ3) is 5.40. The zero-order chi connectivity index (χ0) is 20.6. The predicted molar refractivity (Wildman–Crippen MR) is 116 cm³/mol. The molecule has 1 heterocycles. The number of halogens is 1. The lowest BCUT2D eigenvalue weighted by molar-refractivity contribution is 0.610. The molecule has 0 saturated heterocycles. The Morgan fingerprint density at radius 2 is 1.86 bits per heavy atom. The summed E-state index contributed by atoms with van der Waals surface area (Å²) in [4.78, 5) is 6.76. The summed E-state index contributed by atoms with van der Waals surface area (Å²) in [5.74, 6) is 0.809. The second-order valence-corrected chi connectivity index (χ2v) is 6.73. The van der Waals surface area contributed by atoms with Crippen LogP contribution in [0.3, 0.4) is 0 Å². The van der Waals surface area contributed by atoms with Gasteiger partial charge in [-0.2, -0.15) is 10.1 Å². The molecule has 0 saturated carbocycles. The van der Waals surface area contributed by atoms with Gasteiger partial charge in [-0.05, 0) is 62.6 Å². The highest BCUT2D eigenvalue weighted by molar-refractivity contribution is 5.65. The lowest BCUT2D eigenvalue weighted by Gasteiger charge is -2.22. The Balaban J connectivity index is 1.63. The minimum Gasteiger partial charge on any atom is -0.372 e. The van der Waals surface area contributed by atoms with Crippen LogP contribution in [-0.4, -0.2) is 34.8 Å². The Morgan fingerprint density at radius 1 is 1.07 bits per heavy atom. The molecule has 3 aromatic rings. The van der Waals surface area contributed by atoms with Gasteiger partial charge in [-0.25, -0.2) is 4.39 Å². The molecule has 0 aliphatic rings. The number of aromatic nitrogens is 3. The van der Waals surface area contributed by atoms with Crippen LogP contribution in [0.1, 0.15) is 25.0 Å². The van der Waals surface area contributed by atoms with Gasteiger partial charge in [0.2, 0.25) is 5.95 Å². The van der Waals surface area contributed by atoms with Crippen molar-refractivity contribution < 1.29 is 4.39 Å². The first-order valence-electron chi connectivity index (χ1n) is 9.90. The van der Waals surface area contributed by atoms with E-state index < -0.39 is 0 Å². The van der Waals surface area contributed by atoms with Gasteiger partial charge in [0, 0.05) is 31.0 Å². The average molecular weight is 394 g/mol. The molecule has 7 heteroatoms. The summed E-state index contributed by atoms with van der Waals surface area (Å²) in [7, 11) is 0. The molecule has 0 fully saturated rings. The molecule has 0 bridgehead atoms. The molecule has 0 atom stereocenters. The van der Waals surface area contributed by atoms with E-state index in [0.717, 1.165) is 24.3 Å². The van der Waals surface area contributed by atoms with Crippen molar-refractivity contribution in [3.63, 3.8) is 0 Å². The highest BCUT2D eigenvalue weighted by Crippen LogP contribution is 2.25. The lowest BCUT2D eigenvalue weighted by atomic mass is 10.1. The number of rotatable bonds is 9. The predicted octanol–water partition coefficient (Wildman–Crippen LogP) is 4.56. The number of hydrogen-bond donors (Lipinski definition) is 2. The normalized spacial score (nSPS) is 10.6. The molecule has 0 spiro atoms. The molecule has 152 valence electrons. The minimum absolute atomic E-state index is 0.201. The fourth-order valence-corrected chi connectivity index (χ4v) is 3.16. The Labute approximate surface area is 171 Å². The van der Waals surface area contributed by atoms with Gasteiger partial charge >= 0.3 is 0 Å². The van der Waals surface area contributed by atoms with Crippen molar-refractivity contribution in [1.82, 2.24) is 15.2 Å². The maximum atomic E-state index is 13.7. The van der Waals surface area contributed by atoms with Crippen molar-refractivity contribution in [3.05, 3.63) is 65.6 Å². The summed E-state index contributed by atoms with van der Waals surface area (Å²) >= 11 is 0. The van der Waals surface area contributed by atoms with Gasteiger partial charge in [0.15, 0.2) is 5.82 Å². The van der Waals surface area contributed by atoms with Crippen LogP contribution in [-0.2, 0) is 6.42 Å². The first kappa shape index (κ1) is 20.5. The molecule has 3 rings (SSSR count).